The number of nitrogens with one attached hydrogen (secondary N) is 3. The average molecular weight is 432 g/mol. The van der Waals surface area contributed by atoms with E-state index in [0.717, 1.165) is 5.56 Å². The van der Waals surface area contributed by atoms with E-state index in [1.807, 2.05) is 32.0 Å². The minimum absolute atomic E-state index is 0.245. The molecule has 0 bridgehead atoms. The van der Waals surface area contributed by atoms with Crippen LogP contribution in [0.4, 0.5) is 5.69 Å². The Bertz CT molecular complexity index is 960. The molecule has 0 spiro atoms. The molecule has 3 rings (SSSR count). The van der Waals surface area contributed by atoms with Crippen LogP contribution in [0.2, 0.25) is 5.02 Å². The molecule has 1 amide bonds. The average Bonchev–Trinajstić information content (AvgIpc) is 2.69. The van der Waals surface area contributed by atoms with E-state index in [2.05, 4.69) is 16.0 Å². The lowest BCUT2D eigenvalue weighted by Gasteiger charge is -2.30. The minimum atomic E-state index is -0.444. The first-order valence-corrected chi connectivity index (χ1v) is 9.87. The van der Waals surface area contributed by atoms with Crippen LogP contribution in [0.25, 0.3) is 0 Å². The van der Waals surface area contributed by atoms with E-state index >= 15 is 0 Å². The van der Waals surface area contributed by atoms with Crippen LogP contribution in [-0.4, -0.2) is 24.7 Å². The summed E-state index contributed by atoms with van der Waals surface area (Å²) in [5.74, 6) is 0.985. The lowest BCUT2D eigenvalue weighted by molar-refractivity contribution is -0.113. The molecule has 0 aliphatic carbocycles. The fourth-order valence-corrected chi connectivity index (χ4v) is 3.51. The molecular weight excluding hydrogens is 410 g/mol. The van der Waals surface area contributed by atoms with Crippen molar-refractivity contribution in [2.75, 3.05) is 19.0 Å². The number of rotatable bonds is 6. The van der Waals surface area contributed by atoms with Gasteiger partial charge in [-0.05, 0) is 68.0 Å². The number of anilines is 1. The molecule has 3 N–H and O–H groups in total. The van der Waals surface area contributed by atoms with Gasteiger partial charge in [-0.3, -0.25) is 4.79 Å². The number of methoxy groups -OCH3 is 1. The molecule has 8 heteroatoms. The summed E-state index contributed by atoms with van der Waals surface area (Å²) in [6, 6.07) is 12.1. The van der Waals surface area contributed by atoms with Crippen LogP contribution >= 0.6 is 23.8 Å². The summed E-state index contributed by atoms with van der Waals surface area (Å²) in [6.45, 7) is 4.26. The molecule has 2 aromatic carbocycles. The fraction of sp³-hybridized carbons (Fsp3) is 0.238. The zero-order chi connectivity index (χ0) is 21.0. The standard InChI is InChI=1S/C21H22ClN3O3S/c1-4-28-16-10-5-13(11-17(16)27-3)19-18(12(2)23-21(29)25-19)20(26)24-15-8-6-14(22)7-9-15/h5-11,19H,4H2,1-3H3,(H,24,26)(H2,23,25,29). The maximum Gasteiger partial charge on any atom is 0.255 e. The van der Waals surface area contributed by atoms with Gasteiger partial charge in [0.25, 0.3) is 5.91 Å². The normalized spacial score (nSPS) is 16.0. The van der Waals surface area contributed by atoms with Gasteiger partial charge in [-0.15, -0.1) is 0 Å². The van der Waals surface area contributed by atoms with Crippen molar-refractivity contribution in [3.63, 3.8) is 0 Å². The first-order valence-electron chi connectivity index (χ1n) is 9.08. The van der Waals surface area contributed by atoms with E-state index in [-0.39, 0.29) is 5.91 Å². The van der Waals surface area contributed by atoms with Crippen molar-refractivity contribution >= 4 is 40.5 Å². The zero-order valence-electron chi connectivity index (χ0n) is 16.3. The van der Waals surface area contributed by atoms with E-state index in [1.165, 1.54) is 0 Å². The van der Waals surface area contributed by atoms with Crippen LogP contribution in [0.3, 0.4) is 0 Å². The third-order valence-corrected chi connectivity index (χ3v) is 4.91. The summed E-state index contributed by atoms with van der Waals surface area (Å²) < 4.78 is 11.0. The number of hydrogen-bond donors (Lipinski definition) is 3. The Kier molecular flexibility index (Phi) is 6.61. The number of carbonyl (C=O) groups is 1. The van der Waals surface area contributed by atoms with Crippen molar-refractivity contribution in [3.8, 4) is 11.5 Å². The summed E-state index contributed by atoms with van der Waals surface area (Å²) in [5, 5.41) is 10.2. The van der Waals surface area contributed by atoms with Gasteiger partial charge in [0.15, 0.2) is 16.6 Å². The molecule has 0 saturated carbocycles. The number of benzene rings is 2. The van der Waals surface area contributed by atoms with Gasteiger partial charge in [0, 0.05) is 16.4 Å². The molecule has 0 radical (unpaired) electrons. The third-order valence-electron chi connectivity index (χ3n) is 4.44. The second-order valence-electron chi connectivity index (χ2n) is 6.37. The Morgan fingerprint density at radius 1 is 1.21 bits per heavy atom. The van der Waals surface area contributed by atoms with E-state index in [1.54, 1.807) is 31.4 Å². The predicted molar refractivity (Wildman–Crippen MR) is 119 cm³/mol. The maximum atomic E-state index is 13.1. The number of thiocarbonyl (C=S) groups is 1. The number of carbonyl (C=O) groups excluding carboxylic acids is 1. The topological polar surface area (TPSA) is 71.6 Å². The van der Waals surface area contributed by atoms with Gasteiger partial charge in [0.05, 0.1) is 25.3 Å². The molecule has 1 atom stereocenters. The van der Waals surface area contributed by atoms with E-state index < -0.39 is 6.04 Å². The number of allylic oxidation sites excluding steroid dienone is 1. The Balaban J connectivity index is 1.95. The van der Waals surface area contributed by atoms with Crippen LogP contribution in [-0.2, 0) is 4.79 Å². The van der Waals surface area contributed by atoms with Crippen molar-refractivity contribution in [3.05, 3.63) is 64.3 Å². The highest BCUT2D eigenvalue weighted by Crippen LogP contribution is 2.34. The Morgan fingerprint density at radius 3 is 2.59 bits per heavy atom. The Morgan fingerprint density at radius 2 is 1.93 bits per heavy atom. The van der Waals surface area contributed by atoms with Crippen molar-refractivity contribution in [2.24, 2.45) is 0 Å². The van der Waals surface area contributed by atoms with Gasteiger partial charge >= 0.3 is 0 Å². The lowest BCUT2D eigenvalue weighted by Crippen LogP contribution is -2.45. The fourth-order valence-electron chi connectivity index (χ4n) is 3.12. The molecule has 0 saturated heterocycles. The Hall–Kier alpha value is -2.77. The van der Waals surface area contributed by atoms with Crippen LogP contribution < -0.4 is 25.4 Å². The number of hydrogen-bond acceptors (Lipinski definition) is 4. The summed E-state index contributed by atoms with van der Waals surface area (Å²) in [7, 11) is 1.58. The Labute approximate surface area is 180 Å². The lowest BCUT2D eigenvalue weighted by atomic mass is 9.94. The molecule has 1 aliphatic rings. The van der Waals surface area contributed by atoms with Gasteiger partial charge in [-0.2, -0.15) is 0 Å². The van der Waals surface area contributed by atoms with Crippen molar-refractivity contribution in [1.82, 2.24) is 10.6 Å². The third kappa shape index (κ3) is 4.81. The van der Waals surface area contributed by atoms with Crippen LogP contribution in [0.1, 0.15) is 25.5 Å². The van der Waals surface area contributed by atoms with Gasteiger partial charge in [-0.25, -0.2) is 0 Å². The smallest absolute Gasteiger partial charge is 0.255 e. The van der Waals surface area contributed by atoms with Crippen molar-refractivity contribution < 1.29 is 14.3 Å². The summed E-state index contributed by atoms with van der Waals surface area (Å²) in [4.78, 5) is 13.1. The van der Waals surface area contributed by atoms with E-state index in [0.29, 0.717) is 45.2 Å². The van der Waals surface area contributed by atoms with Crippen LogP contribution in [0, 0.1) is 0 Å². The maximum absolute atomic E-state index is 13.1. The van der Waals surface area contributed by atoms with Gasteiger partial charge in [-0.1, -0.05) is 17.7 Å². The molecule has 1 aliphatic heterocycles. The molecule has 6 nitrogen and oxygen atoms in total. The van der Waals surface area contributed by atoms with E-state index in [4.69, 9.17) is 33.3 Å². The van der Waals surface area contributed by atoms with Crippen LogP contribution in [0.15, 0.2) is 53.7 Å². The van der Waals surface area contributed by atoms with Crippen molar-refractivity contribution in [1.29, 1.82) is 0 Å². The number of amides is 1. The number of halogens is 1. The predicted octanol–water partition coefficient (Wildman–Crippen LogP) is 4.18. The molecule has 0 aromatic heterocycles. The highest BCUT2D eigenvalue weighted by atomic mass is 35.5. The molecule has 152 valence electrons. The largest absolute Gasteiger partial charge is 0.493 e. The molecule has 0 fully saturated rings. The van der Waals surface area contributed by atoms with Crippen LogP contribution in [0.5, 0.6) is 11.5 Å². The van der Waals surface area contributed by atoms with Crippen molar-refractivity contribution in [2.45, 2.75) is 19.9 Å². The molecule has 1 heterocycles. The van der Waals surface area contributed by atoms with Gasteiger partial charge < -0.3 is 25.4 Å². The molecule has 2 aromatic rings. The quantitative estimate of drug-likeness (QED) is 0.596. The second kappa shape index (κ2) is 9.15. The van der Waals surface area contributed by atoms with Gasteiger partial charge in [0.1, 0.15) is 0 Å². The van der Waals surface area contributed by atoms with E-state index in [9.17, 15) is 4.79 Å². The summed E-state index contributed by atoms with van der Waals surface area (Å²) in [5.41, 5.74) is 2.68. The number of ether oxygens (including phenoxy) is 2. The van der Waals surface area contributed by atoms with Gasteiger partial charge in [0.2, 0.25) is 0 Å². The molecule has 1 unspecified atom stereocenters. The zero-order valence-corrected chi connectivity index (χ0v) is 17.9. The molecular formula is C21H22ClN3O3S. The first-order chi connectivity index (χ1) is 13.9. The highest BCUT2D eigenvalue weighted by molar-refractivity contribution is 7.80. The first kappa shape index (κ1) is 21.0. The molecule has 29 heavy (non-hydrogen) atoms. The minimum Gasteiger partial charge on any atom is -0.493 e. The summed E-state index contributed by atoms with van der Waals surface area (Å²) in [6.07, 6.45) is 0. The SMILES string of the molecule is CCOc1ccc(C2NC(=S)NC(C)=C2C(=O)Nc2ccc(Cl)cc2)cc1OC. The highest BCUT2D eigenvalue weighted by Gasteiger charge is 2.30. The second-order valence-corrected chi connectivity index (χ2v) is 7.22. The monoisotopic (exact) mass is 431 g/mol. The summed E-state index contributed by atoms with van der Waals surface area (Å²) >= 11 is 11.2.